The summed E-state index contributed by atoms with van der Waals surface area (Å²) in [6.07, 6.45) is 9.93. The van der Waals surface area contributed by atoms with Crippen LogP contribution in [0.3, 0.4) is 0 Å². The number of carboxylic acid groups (broad SMARTS) is 2. The van der Waals surface area contributed by atoms with Crippen LogP contribution in [0.2, 0.25) is 0 Å². The van der Waals surface area contributed by atoms with E-state index in [2.05, 4.69) is 6.92 Å². The summed E-state index contributed by atoms with van der Waals surface area (Å²) in [5, 5.41) is 18.0. The Hall–Kier alpha value is -2.02. The Labute approximate surface area is 190 Å². The van der Waals surface area contributed by atoms with E-state index in [0.717, 1.165) is 19.3 Å². The quantitative estimate of drug-likeness (QED) is 0.233. The van der Waals surface area contributed by atoms with E-state index < -0.39 is 29.5 Å². The fourth-order valence-corrected chi connectivity index (χ4v) is 3.81. The van der Waals surface area contributed by atoms with Crippen LogP contribution in [0, 0.1) is 17.6 Å². The molecule has 0 saturated carbocycles. The Morgan fingerprint density at radius 1 is 0.875 bits per heavy atom. The Kier molecular flexibility index (Phi) is 13.1. The molecule has 0 amide bonds. The second-order valence-corrected chi connectivity index (χ2v) is 8.78. The third kappa shape index (κ3) is 9.63. The molecule has 0 saturated heterocycles. The van der Waals surface area contributed by atoms with Crippen LogP contribution in [0.4, 0.5) is 8.78 Å². The van der Waals surface area contributed by atoms with E-state index in [9.17, 15) is 18.4 Å². The Morgan fingerprint density at radius 2 is 1.34 bits per heavy atom. The number of hydrogen-bond acceptors (Lipinski definition) is 3. The first-order chi connectivity index (χ1) is 15.2. The van der Waals surface area contributed by atoms with E-state index in [-0.39, 0.29) is 24.4 Å². The molecule has 0 aliphatic heterocycles. The number of unbranched alkanes of at least 4 members (excludes halogenated alkanes) is 7. The molecule has 0 bridgehead atoms. The van der Waals surface area contributed by atoms with E-state index in [1.54, 1.807) is 31.0 Å². The predicted octanol–water partition coefficient (Wildman–Crippen LogP) is 5.69. The van der Waals surface area contributed by atoms with Crippen LogP contribution in [0.25, 0.3) is 0 Å². The van der Waals surface area contributed by atoms with E-state index in [1.807, 2.05) is 0 Å². The smallest absolute Gasteiger partial charge is 0.317 e. The lowest BCUT2D eigenvalue weighted by atomic mass is 9.99. The van der Waals surface area contributed by atoms with Crippen molar-refractivity contribution in [2.24, 2.45) is 5.92 Å². The van der Waals surface area contributed by atoms with Crippen molar-refractivity contribution >= 4 is 11.9 Å². The molecule has 5 nitrogen and oxygen atoms in total. The van der Waals surface area contributed by atoms with Crippen LogP contribution < -0.4 is 0 Å². The molecule has 0 heterocycles. The lowest BCUT2D eigenvalue weighted by Gasteiger charge is -2.26. The molecule has 0 fully saturated rings. The highest BCUT2D eigenvalue weighted by Crippen LogP contribution is 2.20. The Bertz CT molecular complexity index is 712. The maximum atomic E-state index is 14.5. The van der Waals surface area contributed by atoms with Gasteiger partial charge < -0.3 is 15.1 Å². The minimum absolute atomic E-state index is 0.0600. The zero-order valence-corrected chi connectivity index (χ0v) is 19.7. The predicted molar refractivity (Wildman–Crippen MR) is 122 cm³/mol. The van der Waals surface area contributed by atoms with Gasteiger partial charge in [0.25, 0.3) is 0 Å². The maximum absolute atomic E-state index is 14.5. The molecule has 1 atom stereocenters. The van der Waals surface area contributed by atoms with Gasteiger partial charge in [0, 0.05) is 12.6 Å². The second-order valence-electron chi connectivity index (χ2n) is 8.78. The van der Waals surface area contributed by atoms with Crippen LogP contribution in [0.15, 0.2) is 12.1 Å². The molecule has 1 aromatic carbocycles. The fraction of sp³-hybridized carbons (Fsp3) is 0.680. The van der Waals surface area contributed by atoms with Gasteiger partial charge in [-0.2, -0.15) is 0 Å². The molecule has 0 spiro atoms. The molecule has 1 aromatic rings. The number of halogens is 2. The van der Waals surface area contributed by atoms with E-state index in [1.165, 1.54) is 32.1 Å². The Morgan fingerprint density at radius 3 is 1.84 bits per heavy atom. The molecule has 1 unspecified atom stereocenters. The van der Waals surface area contributed by atoms with Crippen LogP contribution in [0.5, 0.6) is 0 Å². The first-order valence-electron chi connectivity index (χ1n) is 11.8. The van der Waals surface area contributed by atoms with Gasteiger partial charge >= 0.3 is 11.9 Å². The van der Waals surface area contributed by atoms with Crippen molar-refractivity contribution < 1.29 is 28.6 Å². The van der Waals surface area contributed by atoms with Gasteiger partial charge in [0.05, 0.1) is 0 Å². The van der Waals surface area contributed by atoms with Gasteiger partial charge in [0.1, 0.15) is 0 Å². The van der Waals surface area contributed by atoms with E-state index in [0.29, 0.717) is 18.5 Å². The van der Waals surface area contributed by atoms with Gasteiger partial charge in [-0.1, -0.05) is 64.0 Å². The lowest BCUT2D eigenvalue weighted by Crippen LogP contribution is -2.36. The summed E-state index contributed by atoms with van der Waals surface area (Å²) in [6.45, 7) is 4.28. The summed E-state index contributed by atoms with van der Waals surface area (Å²) >= 11 is 0. The fourth-order valence-electron chi connectivity index (χ4n) is 3.81. The first kappa shape index (κ1) is 28.0. The molecule has 0 aliphatic rings. The topological polar surface area (TPSA) is 77.8 Å². The lowest BCUT2D eigenvalue weighted by molar-refractivity contribution is -0.155. The molecule has 7 heteroatoms. The highest BCUT2D eigenvalue weighted by Gasteiger charge is 2.29. The summed E-state index contributed by atoms with van der Waals surface area (Å²) in [7, 11) is 1.72. The number of carboxylic acids is 2. The molecule has 0 aliphatic carbocycles. The summed E-state index contributed by atoms with van der Waals surface area (Å²) in [6, 6.07) is 2.94. The van der Waals surface area contributed by atoms with Gasteiger partial charge in [-0.15, -0.1) is 0 Å². The number of benzene rings is 1. The molecular formula is C25H39F2NO4. The number of aliphatic carboxylic acids is 2. The van der Waals surface area contributed by atoms with Crippen molar-refractivity contribution in [2.75, 3.05) is 13.6 Å². The van der Waals surface area contributed by atoms with Crippen molar-refractivity contribution in [2.45, 2.75) is 90.5 Å². The van der Waals surface area contributed by atoms with Crippen molar-refractivity contribution in [3.8, 4) is 0 Å². The third-order valence-electron chi connectivity index (χ3n) is 6.20. The highest BCUT2D eigenvalue weighted by atomic mass is 19.2. The molecular weight excluding hydrogens is 416 g/mol. The minimum atomic E-state index is -1.49. The van der Waals surface area contributed by atoms with E-state index >= 15 is 0 Å². The SMILES string of the molecule is CCCCCCCCCCc1ccc(CCN(C)C(C)CC(C(=O)O)C(=O)O)c(F)c1F. The molecule has 32 heavy (non-hydrogen) atoms. The summed E-state index contributed by atoms with van der Waals surface area (Å²) in [5.41, 5.74) is 0.680. The monoisotopic (exact) mass is 455 g/mol. The molecule has 2 N–H and O–H groups in total. The zero-order valence-electron chi connectivity index (χ0n) is 19.7. The van der Waals surface area contributed by atoms with Crippen LogP contribution >= 0.6 is 0 Å². The molecule has 0 radical (unpaired) electrons. The number of hydrogen-bond donors (Lipinski definition) is 2. The summed E-state index contributed by atoms with van der Waals surface area (Å²) in [4.78, 5) is 23.9. The second kappa shape index (κ2) is 14.9. The van der Waals surface area contributed by atoms with Crippen LogP contribution in [-0.4, -0.2) is 46.7 Å². The van der Waals surface area contributed by atoms with Crippen LogP contribution in [0.1, 0.15) is 82.8 Å². The van der Waals surface area contributed by atoms with Crippen molar-refractivity contribution in [1.29, 1.82) is 0 Å². The maximum Gasteiger partial charge on any atom is 0.317 e. The zero-order chi connectivity index (χ0) is 24.1. The third-order valence-corrected chi connectivity index (χ3v) is 6.20. The minimum Gasteiger partial charge on any atom is -0.481 e. The average molecular weight is 456 g/mol. The van der Waals surface area contributed by atoms with Crippen molar-refractivity contribution in [3.05, 3.63) is 34.9 Å². The highest BCUT2D eigenvalue weighted by molar-refractivity contribution is 5.92. The number of aryl methyl sites for hydroxylation is 1. The van der Waals surface area contributed by atoms with Crippen LogP contribution in [-0.2, 0) is 22.4 Å². The average Bonchev–Trinajstić information content (AvgIpc) is 2.75. The van der Waals surface area contributed by atoms with Gasteiger partial charge in [0.15, 0.2) is 17.6 Å². The normalized spacial score (nSPS) is 12.5. The number of likely N-dealkylation sites (N-methyl/N-ethyl adjacent to an activating group) is 1. The van der Waals surface area contributed by atoms with Gasteiger partial charge in [0.2, 0.25) is 0 Å². The first-order valence-corrected chi connectivity index (χ1v) is 11.8. The van der Waals surface area contributed by atoms with Crippen molar-refractivity contribution in [1.82, 2.24) is 4.90 Å². The summed E-state index contributed by atoms with van der Waals surface area (Å²) < 4.78 is 29.0. The number of nitrogens with zero attached hydrogens (tertiary/aromatic N) is 1. The molecule has 1 rings (SSSR count). The van der Waals surface area contributed by atoms with Gasteiger partial charge in [-0.25, -0.2) is 8.78 Å². The van der Waals surface area contributed by atoms with Crippen molar-refractivity contribution in [3.63, 3.8) is 0 Å². The molecule has 182 valence electrons. The number of carbonyl (C=O) groups is 2. The number of rotatable bonds is 17. The Balaban J connectivity index is 2.50. The summed E-state index contributed by atoms with van der Waals surface area (Å²) in [5.74, 6) is -5.84. The largest absolute Gasteiger partial charge is 0.481 e. The molecule has 0 aromatic heterocycles. The van der Waals surface area contributed by atoms with E-state index in [4.69, 9.17) is 10.2 Å². The standard InChI is InChI=1S/C25H39F2NO4/c1-4-5-6-7-8-9-10-11-12-19-13-14-20(23(27)22(19)26)15-16-28(3)18(2)17-21(24(29)30)25(31)32/h13-14,18,21H,4-12,15-17H2,1-3H3,(H,29,30)(H,31,32). The van der Waals surface area contributed by atoms with Gasteiger partial charge in [-0.3, -0.25) is 9.59 Å². The van der Waals surface area contributed by atoms with Gasteiger partial charge in [-0.05, 0) is 50.8 Å².